The number of imidazole rings is 1. The average Bonchev–Trinajstić information content (AvgIpc) is 2.79. The first-order chi connectivity index (χ1) is 8.66. The molecule has 0 aliphatic heterocycles. The molecule has 0 unspecified atom stereocenters. The van der Waals surface area contributed by atoms with Gasteiger partial charge in [-0.3, -0.25) is 9.78 Å². The van der Waals surface area contributed by atoms with Crippen molar-refractivity contribution >= 4 is 17.1 Å². The lowest BCUT2D eigenvalue weighted by molar-refractivity contribution is 1.17. The zero-order chi connectivity index (χ0) is 13.0. The average molecular weight is 243 g/mol. The monoisotopic (exact) mass is 243 g/mol. The molecule has 0 atom stereocenters. The molecule has 4 N–H and O–H groups in total. The lowest BCUT2D eigenvalue weighted by Gasteiger charge is -1.89. The first-order valence-corrected chi connectivity index (χ1v) is 5.37. The highest BCUT2D eigenvalue weighted by molar-refractivity contribution is 5.69. The highest BCUT2D eigenvalue weighted by Gasteiger charge is 2.01. The smallest absolute Gasteiger partial charge is 0.278 e. The van der Waals surface area contributed by atoms with E-state index in [2.05, 4.69) is 39.0 Å². The molecule has 0 radical (unpaired) electrons. The molecule has 3 aromatic rings. The highest BCUT2D eigenvalue weighted by atomic mass is 16.1. The molecule has 0 aliphatic rings. The summed E-state index contributed by atoms with van der Waals surface area (Å²) < 4.78 is 0. The largest absolute Gasteiger partial charge is 0.369 e. The Hall–Kier alpha value is -2.63. The second kappa shape index (κ2) is 5.13. The summed E-state index contributed by atoms with van der Waals surface area (Å²) in [6, 6.07) is 10.3. The molecule has 0 aliphatic carbocycles. The summed E-state index contributed by atoms with van der Waals surface area (Å²) in [7, 11) is 0. The molecule has 0 spiro atoms. The number of nitrogens with one attached hydrogen (secondary N) is 2. The zero-order valence-corrected chi connectivity index (χ0v) is 9.84. The van der Waals surface area contributed by atoms with Crippen LogP contribution in [0.2, 0.25) is 0 Å². The minimum atomic E-state index is -0.301. The minimum absolute atomic E-state index is 0.0783. The van der Waals surface area contributed by atoms with E-state index >= 15 is 0 Å². The molecule has 0 bridgehead atoms. The number of fused-ring (bicyclic) bond motifs is 1. The van der Waals surface area contributed by atoms with E-state index < -0.39 is 0 Å². The van der Waals surface area contributed by atoms with Gasteiger partial charge in [0.05, 0.1) is 6.33 Å². The van der Waals surface area contributed by atoms with E-state index in [9.17, 15) is 4.79 Å². The van der Waals surface area contributed by atoms with Crippen LogP contribution in [0.1, 0.15) is 5.56 Å². The minimum Gasteiger partial charge on any atom is -0.369 e. The van der Waals surface area contributed by atoms with Gasteiger partial charge in [-0.25, -0.2) is 4.98 Å². The second-order valence-electron chi connectivity index (χ2n) is 3.71. The Kier molecular flexibility index (Phi) is 3.38. The van der Waals surface area contributed by atoms with Crippen LogP contribution in [0.15, 0.2) is 41.5 Å². The Morgan fingerprint density at radius 3 is 2.56 bits per heavy atom. The summed E-state index contributed by atoms with van der Waals surface area (Å²) in [4.78, 5) is 23.5. The molecular weight excluding hydrogens is 230 g/mol. The van der Waals surface area contributed by atoms with Crippen LogP contribution in [-0.2, 0) is 0 Å². The second-order valence-corrected chi connectivity index (χ2v) is 3.71. The zero-order valence-electron chi connectivity index (χ0n) is 9.84. The third-order valence-corrected chi connectivity index (χ3v) is 2.25. The third-order valence-electron chi connectivity index (χ3n) is 2.25. The molecule has 1 aromatic carbocycles. The molecule has 18 heavy (non-hydrogen) atoms. The summed E-state index contributed by atoms with van der Waals surface area (Å²) in [5.74, 6) is 0.0783. The molecule has 0 fully saturated rings. The van der Waals surface area contributed by atoms with Crippen molar-refractivity contribution in [2.24, 2.45) is 0 Å². The van der Waals surface area contributed by atoms with Crippen LogP contribution in [0.25, 0.3) is 11.2 Å². The van der Waals surface area contributed by atoms with Gasteiger partial charge in [0.25, 0.3) is 5.56 Å². The topological polar surface area (TPSA) is 100 Å². The van der Waals surface area contributed by atoms with E-state index in [1.165, 1.54) is 11.9 Å². The van der Waals surface area contributed by atoms with E-state index in [0.29, 0.717) is 11.2 Å². The standard InChI is InChI=1S/C7H8.C5H5N5O/c1-7-5-3-2-4-6-7;6-5-9-3-2(4(11)10-5)7-1-8-3/h2-6H,1H3;1H,(H4,6,7,8,9,10,11). The van der Waals surface area contributed by atoms with Gasteiger partial charge in [0, 0.05) is 0 Å². The molecule has 6 heteroatoms. The van der Waals surface area contributed by atoms with Crippen molar-refractivity contribution < 1.29 is 0 Å². The lowest BCUT2D eigenvalue weighted by Crippen LogP contribution is -2.10. The molecular formula is C12H13N5O. The number of rotatable bonds is 0. The number of anilines is 1. The number of benzene rings is 1. The highest BCUT2D eigenvalue weighted by Crippen LogP contribution is 1.98. The van der Waals surface area contributed by atoms with Crippen LogP contribution in [0, 0.1) is 6.92 Å². The quantitative estimate of drug-likeness (QED) is 0.552. The first kappa shape index (κ1) is 11.8. The fourth-order valence-corrected chi connectivity index (χ4v) is 1.39. The maximum Gasteiger partial charge on any atom is 0.278 e. The van der Waals surface area contributed by atoms with Crippen molar-refractivity contribution in [2.75, 3.05) is 5.73 Å². The van der Waals surface area contributed by atoms with Crippen LogP contribution in [0.3, 0.4) is 0 Å². The van der Waals surface area contributed by atoms with Gasteiger partial charge < -0.3 is 10.7 Å². The predicted molar refractivity (Wildman–Crippen MR) is 70.1 cm³/mol. The molecule has 6 nitrogen and oxygen atoms in total. The van der Waals surface area contributed by atoms with Crippen molar-refractivity contribution in [1.29, 1.82) is 0 Å². The summed E-state index contributed by atoms with van der Waals surface area (Å²) in [6.07, 6.45) is 1.40. The lowest BCUT2D eigenvalue weighted by atomic mass is 10.2. The number of nitrogen functional groups attached to an aromatic ring is 1. The Morgan fingerprint density at radius 2 is 1.94 bits per heavy atom. The summed E-state index contributed by atoms with van der Waals surface area (Å²) in [5.41, 5.74) is 6.97. The van der Waals surface area contributed by atoms with Crippen molar-refractivity contribution in [3.05, 3.63) is 52.6 Å². The number of nitrogens with two attached hydrogens (primary N) is 1. The number of hydrogen-bond acceptors (Lipinski definition) is 4. The maximum atomic E-state index is 11.0. The van der Waals surface area contributed by atoms with Crippen LogP contribution in [-0.4, -0.2) is 19.9 Å². The Labute approximate surface area is 103 Å². The summed E-state index contributed by atoms with van der Waals surface area (Å²) in [6.45, 7) is 2.08. The van der Waals surface area contributed by atoms with E-state index in [4.69, 9.17) is 5.73 Å². The molecule has 2 heterocycles. The van der Waals surface area contributed by atoms with Crippen LogP contribution in [0.4, 0.5) is 5.95 Å². The fraction of sp³-hybridized carbons (Fsp3) is 0.0833. The van der Waals surface area contributed by atoms with Gasteiger partial charge >= 0.3 is 0 Å². The summed E-state index contributed by atoms with van der Waals surface area (Å²) >= 11 is 0. The molecule has 0 amide bonds. The van der Waals surface area contributed by atoms with Gasteiger partial charge in [0.1, 0.15) is 0 Å². The van der Waals surface area contributed by atoms with Crippen molar-refractivity contribution in [3.8, 4) is 0 Å². The van der Waals surface area contributed by atoms with E-state index in [1.54, 1.807) is 0 Å². The molecule has 92 valence electrons. The number of aromatic nitrogens is 4. The third kappa shape index (κ3) is 2.73. The van der Waals surface area contributed by atoms with E-state index in [-0.39, 0.29) is 11.5 Å². The number of H-pyrrole nitrogens is 2. The Balaban J connectivity index is 0.000000149. The Morgan fingerprint density at radius 1 is 1.22 bits per heavy atom. The molecule has 0 saturated heterocycles. The summed E-state index contributed by atoms with van der Waals surface area (Å²) in [5, 5.41) is 0. The van der Waals surface area contributed by atoms with Gasteiger partial charge in [-0.05, 0) is 6.92 Å². The number of hydrogen-bond donors (Lipinski definition) is 3. The van der Waals surface area contributed by atoms with Crippen LogP contribution >= 0.6 is 0 Å². The fourth-order valence-electron chi connectivity index (χ4n) is 1.39. The van der Waals surface area contributed by atoms with Gasteiger partial charge in [0.15, 0.2) is 11.2 Å². The van der Waals surface area contributed by atoms with Gasteiger partial charge in [-0.2, -0.15) is 4.98 Å². The maximum absolute atomic E-state index is 11.0. The first-order valence-electron chi connectivity index (χ1n) is 5.37. The van der Waals surface area contributed by atoms with E-state index in [1.807, 2.05) is 18.2 Å². The van der Waals surface area contributed by atoms with E-state index in [0.717, 1.165) is 0 Å². The van der Waals surface area contributed by atoms with Gasteiger partial charge in [-0.1, -0.05) is 35.9 Å². The van der Waals surface area contributed by atoms with Crippen molar-refractivity contribution in [1.82, 2.24) is 19.9 Å². The molecule has 2 aromatic heterocycles. The number of aryl methyl sites for hydroxylation is 1. The number of nitrogens with zero attached hydrogens (tertiary/aromatic N) is 2. The van der Waals surface area contributed by atoms with Gasteiger partial charge in [0.2, 0.25) is 5.95 Å². The van der Waals surface area contributed by atoms with Crippen molar-refractivity contribution in [2.45, 2.75) is 6.92 Å². The normalized spacial score (nSPS) is 9.83. The van der Waals surface area contributed by atoms with Crippen LogP contribution < -0.4 is 11.3 Å². The van der Waals surface area contributed by atoms with Crippen LogP contribution in [0.5, 0.6) is 0 Å². The van der Waals surface area contributed by atoms with Gasteiger partial charge in [-0.15, -0.1) is 0 Å². The predicted octanol–water partition coefficient (Wildman–Crippen LogP) is 1.22. The molecule has 3 rings (SSSR count). The Bertz CT molecular complexity index is 686. The molecule has 0 saturated carbocycles. The number of aromatic amines is 2. The van der Waals surface area contributed by atoms with Crippen molar-refractivity contribution in [3.63, 3.8) is 0 Å². The SMILES string of the molecule is Cc1ccccc1.Nc1nc2nc[nH]c2c(=O)[nH]1.